The van der Waals surface area contributed by atoms with Crippen molar-refractivity contribution in [1.82, 2.24) is 15.6 Å². The molecular formula is C18H32N4O2. The van der Waals surface area contributed by atoms with Gasteiger partial charge in [0.2, 0.25) is 5.88 Å². The van der Waals surface area contributed by atoms with Gasteiger partial charge in [0, 0.05) is 45.6 Å². The highest BCUT2D eigenvalue weighted by Crippen LogP contribution is 2.07. The number of hydrogen-bond donors (Lipinski definition) is 2. The summed E-state index contributed by atoms with van der Waals surface area (Å²) in [5, 5.41) is 6.56. The second-order valence-corrected chi connectivity index (χ2v) is 5.53. The summed E-state index contributed by atoms with van der Waals surface area (Å²) in [5.74, 6) is 1.46. The minimum Gasteiger partial charge on any atom is -0.478 e. The molecule has 6 heteroatoms. The Labute approximate surface area is 146 Å². The van der Waals surface area contributed by atoms with Crippen LogP contribution < -0.4 is 15.4 Å². The lowest BCUT2D eigenvalue weighted by atomic mass is 10.3. The maximum atomic E-state index is 5.54. The zero-order valence-electron chi connectivity index (χ0n) is 15.3. The predicted octanol–water partition coefficient (Wildman–Crippen LogP) is 2.74. The molecule has 0 amide bonds. The van der Waals surface area contributed by atoms with Gasteiger partial charge in [-0.05, 0) is 24.8 Å². The molecule has 136 valence electrons. The Morgan fingerprint density at radius 1 is 1.08 bits per heavy atom. The number of rotatable bonds is 12. The van der Waals surface area contributed by atoms with Gasteiger partial charge in [-0.25, -0.2) is 4.98 Å². The molecule has 0 radical (unpaired) electrons. The SMILES string of the molecule is CCCCOCCCNC(=NC)NCc1ccc(OCCC)nc1. The number of nitrogens with zero attached hydrogens (tertiary/aromatic N) is 2. The molecule has 0 unspecified atom stereocenters. The van der Waals surface area contributed by atoms with Gasteiger partial charge in [-0.2, -0.15) is 0 Å². The monoisotopic (exact) mass is 336 g/mol. The van der Waals surface area contributed by atoms with Crippen LogP contribution in [-0.4, -0.2) is 44.4 Å². The molecule has 0 atom stereocenters. The number of hydrogen-bond acceptors (Lipinski definition) is 4. The summed E-state index contributed by atoms with van der Waals surface area (Å²) in [4.78, 5) is 8.51. The molecule has 24 heavy (non-hydrogen) atoms. The molecule has 1 rings (SSSR count). The molecule has 0 fully saturated rings. The fourth-order valence-corrected chi connectivity index (χ4v) is 1.94. The Morgan fingerprint density at radius 2 is 1.92 bits per heavy atom. The molecule has 0 aliphatic carbocycles. The molecule has 0 saturated carbocycles. The highest BCUT2D eigenvalue weighted by Gasteiger charge is 2.00. The molecule has 1 heterocycles. The van der Waals surface area contributed by atoms with Crippen LogP contribution in [0.3, 0.4) is 0 Å². The van der Waals surface area contributed by atoms with Crippen molar-refractivity contribution in [2.45, 2.75) is 46.1 Å². The molecular weight excluding hydrogens is 304 g/mol. The van der Waals surface area contributed by atoms with E-state index in [2.05, 4.69) is 34.5 Å². The van der Waals surface area contributed by atoms with Crippen LogP contribution in [0, 0.1) is 0 Å². The normalized spacial score (nSPS) is 11.4. The minimum atomic E-state index is 0.672. The van der Waals surface area contributed by atoms with Crippen molar-refractivity contribution >= 4 is 5.96 Å². The lowest BCUT2D eigenvalue weighted by Gasteiger charge is -2.12. The number of aromatic nitrogens is 1. The minimum absolute atomic E-state index is 0.672. The van der Waals surface area contributed by atoms with Gasteiger partial charge in [-0.1, -0.05) is 26.3 Å². The predicted molar refractivity (Wildman–Crippen MR) is 98.6 cm³/mol. The highest BCUT2D eigenvalue weighted by molar-refractivity contribution is 5.79. The molecule has 0 saturated heterocycles. The zero-order chi connectivity index (χ0) is 17.5. The van der Waals surface area contributed by atoms with Crippen LogP contribution in [0.4, 0.5) is 0 Å². The van der Waals surface area contributed by atoms with Crippen LogP contribution >= 0.6 is 0 Å². The van der Waals surface area contributed by atoms with Crippen molar-refractivity contribution < 1.29 is 9.47 Å². The number of guanidine groups is 1. The first-order valence-electron chi connectivity index (χ1n) is 8.90. The number of unbranched alkanes of at least 4 members (excludes halogenated alkanes) is 1. The van der Waals surface area contributed by atoms with Crippen molar-refractivity contribution in [2.24, 2.45) is 4.99 Å². The number of pyridine rings is 1. The van der Waals surface area contributed by atoms with Crippen molar-refractivity contribution in [2.75, 3.05) is 33.4 Å². The molecule has 0 bridgehead atoms. The Bertz CT molecular complexity index is 449. The number of aliphatic imine (C=N–C) groups is 1. The quantitative estimate of drug-likeness (QED) is 0.349. The summed E-state index contributed by atoms with van der Waals surface area (Å²) in [6, 6.07) is 3.91. The van der Waals surface area contributed by atoms with Gasteiger partial charge in [0.05, 0.1) is 6.61 Å². The summed E-state index contributed by atoms with van der Waals surface area (Å²) in [7, 11) is 1.77. The molecule has 2 N–H and O–H groups in total. The summed E-state index contributed by atoms with van der Waals surface area (Å²) in [6.07, 6.45) is 6.08. The lowest BCUT2D eigenvalue weighted by Crippen LogP contribution is -2.37. The van der Waals surface area contributed by atoms with Gasteiger partial charge in [-0.3, -0.25) is 4.99 Å². The smallest absolute Gasteiger partial charge is 0.213 e. The van der Waals surface area contributed by atoms with Gasteiger partial charge in [0.1, 0.15) is 0 Å². The third kappa shape index (κ3) is 9.35. The topological polar surface area (TPSA) is 67.8 Å². The van der Waals surface area contributed by atoms with Crippen LogP contribution in [0.2, 0.25) is 0 Å². The Morgan fingerprint density at radius 3 is 2.58 bits per heavy atom. The highest BCUT2D eigenvalue weighted by atomic mass is 16.5. The third-order valence-electron chi connectivity index (χ3n) is 3.34. The van der Waals surface area contributed by atoms with Crippen LogP contribution in [0.15, 0.2) is 23.3 Å². The van der Waals surface area contributed by atoms with Crippen molar-refractivity contribution in [1.29, 1.82) is 0 Å². The maximum absolute atomic E-state index is 5.54. The Balaban J connectivity index is 2.19. The second-order valence-electron chi connectivity index (χ2n) is 5.53. The lowest BCUT2D eigenvalue weighted by molar-refractivity contribution is 0.129. The van der Waals surface area contributed by atoms with Crippen molar-refractivity contribution in [3.05, 3.63) is 23.9 Å². The van der Waals surface area contributed by atoms with E-state index in [-0.39, 0.29) is 0 Å². The van der Waals surface area contributed by atoms with E-state index in [1.165, 1.54) is 6.42 Å². The van der Waals surface area contributed by atoms with E-state index in [0.29, 0.717) is 19.0 Å². The molecule has 6 nitrogen and oxygen atoms in total. The fourth-order valence-electron chi connectivity index (χ4n) is 1.94. The molecule has 0 aliphatic heterocycles. The molecule has 1 aromatic heterocycles. The van der Waals surface area contributed by atoms with Crippen LogP contribution in [0.1, 0.15) is 45.1 Å². The molecule has 1 aromatic rings. The van der Waals surface area contributed by atoms with Gasteiger partial charge in [0.15, 0.2) is 5.96 Å². The van der Waals surface area contributed by atoms with E-state index in [4.69, 9.17) is 9.47 Å². The average molecular weight is 336 g/mol. The summed E-state index contributed by atoms with van der Waals surface area (Å²) >= 11 is 0. The molecule has 0 aromatic carbocycles. The summed E-state index contributed by atoms with van der Waals surface area (Å²) in [6.45, 7) is 8.10. The first-order chi connectivity index (χ1) is 11.8. The first-order valence-corrected chi connectivity index (χ1v) is 8.90. The largest absolute Gasteiger partial charge is 0.478 e. The van der Waals surface area contributed by atoms with Crippen molar-refractivity contribution in [3.8, 4) is 5.88 Å². The van der Waals surface area contributed by atoms with Gasteiger partial charge in [-0.15, -0.1) is 0 Å². The summed E-state index contributed by atoms with van der Waals surface area (Å²) in [5.41, 5.74) is 1.09. The second kappa shape index (κ2) is 13.6. The standard InChI is InChI=1S/C18H32N4O2/c1-4-6-12-23-13-7-10-20-18(19-3)22-15-16-8-9-17(21-14-16)24-11-5-2/h8-9,14H,4-7,10-13,15H2,1-3H3,(H2,19,20,22). The number of ether oxygens (including phenoxy) is 2. The fraction of sp³-hybridized carbons (Fsp3) is 0.667. The summed E-state index contributed by atoms with van der Waals surface area (Å²) < 4.78 is 11.0. The average Bonchev–Trinajstić information content (AvgIpc) is 2.62. The van der Waals surface area contributed by atoms with E-state index < -0.39 is 0 Å². The number of nitrogens with one attached hydrogen (secondary N) is 2. The van der Waals surface area contributed by atoms with Crippen molar-refractivity contribution in [3.63, 3.8) is 0 Å². The van der Waals surface area contributed by atoms with E-state index in [0.717, 1.165) is 50.5 Å². The van der Waals surface area contributed by atoms with Gasteiger partial charge < -0.3 is 20.1 Å². The zero-order valence-corrected chi connectivity index (χ0v) is 15.3. The van der Waals surface area contributed by atoms with E-state index in [1.807, 2.05) is 18.3 Å². The third-order valence-corrected chi connectivity index (χ3v) is 3.34. The van der Waals surface area contributed by atoms with E-state index >= 15 is 0 Å². The van der Waals surface area contributed by atoms with Gasteiger partial charge >= 0.3 is 0 Å². The molecule has 0 aliphatic rings. The Hall–Kier alpha value is -1.82. The molecule has 0 spiro atoms. The van der Waals surface area contributed by atoms with Crippen LogP contribution in [0.5, 0.6) is 5.88 Å². The van der Waals surface area contributed by atoms with Crippen LogP contribution in [-0.2, 0) is 11.3 Å². The van der Waals surface area contributed by atoms with E-state index in [1.54, 1.807) is 7.05 Å². The van der Waals surface area contributed by atoms with E-state index in [9.17, 15) is 0 Å². The van der Waals surface area contributed by atoms with Crippen LogP contribution in [0.25, 0.3) is 0 Å². The first kappa shape index (κ1) is 20.2. The Kier molecular flexibility index (Phi) is 11.5. The maximum Gasteiger partial charge on any atom is 0.213 e. The van der Waals surface area contributed by atoms with Gasteiger partial charge in [0.25, 0.3) is 0 Å².